The van der Waals surface area contributed by atoms with Gasteiger partial charge in [0.05, 0.1) is 0 Å². The van der Waals surface area contributed by atoms with Gasteiger partial charge in [-0.15, -0.1) is 0 Å². The van der Waals surface area contributed by atoms with E-state index in [4.69, 9.17) is 9.47 Å². The van der Waals surface area contributed by atoms with Crippen LogP contribution in [0.3, 0.4) is 0 Å². The van der Waals surface area contributed by atoms with Crippen molar-refractivity contribution in [1.82, 2.24) is 9.88 Å². The summed E-state index contributed by atoms with van der Waals surface area (Å²) >= 11 is 0. The number of hydrogen-bond donors (Lipinski definition) is 1. The van der Waals surface area contributed by atoms with Crippen LogP contribution in [0.25, 0.3) is 0 Å². The molecule has 0 radical (unpaired) electrons. The summed E-state index contributed by atoms with van der Waals surface area (Å²) < 4.78 is 11.3. The maximum absolute atomic E-state index is 10.4. The smallest absolute Gasteiger partial charge is 0.231 e. The fraction of sp³-hybridized carbons (Fsp3) is 0.346. The molecule has 0 aliphatic carbocycles. The largest absolute Gasteiger partial charge is 0.508 e. The first-order valence-corrected chi connectivity index (χ1v) is 11.1. The summed E-state index contributed by atoms with van der Waals surface area (Å²) in [5, 5.41) is 10.4. The lowest BCUT2D eigenvalue weighted by Crippen LogP contribution is -2.27. The quantitative estimate of drug-likeness (QED) is 0.675. The molecule has 5 nitrogen and oxygen atoms in total. The first-order valence-electron chi connectivity index (χ1n) is 11.1. The van der Waals surface area contributed by atoms with Crippen LogP contribution in [-0.4, -0.2) is 34.9 Å². The van der Waals surface area contributed by atoms with Crippen molar-refractivity contribution >= 4 is 0 Å². The summed E-state index contributed by atoms with van der Waals surface area (Å²) in [7, 11) is 0. The Hall–Kier alpha value is -3.05. The van der Waals surface area contributed by atoms with E-state index in [1.54, 1.807) is 0 Å². The number of aromatic nitrogens is 1. The second kappa shape index (κ2) is 8.98. The Morgan fingerprint density at radius 3 is 2.48 bits per heavy atom. The molecule has 5 heteroatoms. The molecule has 0 atom stereocenters. The van der Waals surface area contributed by atoms with Crippen LogP contribution in [0.15, 0.2) is 54.9 Å². The summed E-state index contributed by atoms with van der Waals surface area (Å²) in [6.45, 7) is 3.19. The average molecular weight is 417 g/mol. The average Bonchev–Trinajstić information content (AvgIpc) is 3.25. The molecule has 5 rings (SSSR count). The minimum absolute atomic E-state index is 0.292. The molecular formula is C26H28N2O3. The minimum Gasteiger partial charge on any atom is -0.508 e. The molecule has 3 aromatic rings. The van der Waals surface area contributed by atoms with Gasteiger partial charge in [0.2, 0.25) is 6.79 Å². The number of rotatable bonds is 2. The minimum atomic E-state index is 0.292. The highest BCUT2D eigenvalue weighted by molar-refractivity contribution is 5.49. The van der Waals surface area contributed by atoms with Crippen LogP contribution in [0, 0.1) is 0 Å². The van der Waals surface area contributed by atoms with Gasteiger partial charge < -0.3 is 14.6 Å². The molecule has 0 saturated carbocycles. The van der Waals surface area contributed by atoms with E-state index < -0.39 is 0 Å². The molecule has 1 N–H and O–H groups in total. The van der Waals surface area contributed by atoms with Crippen LogP contribution in [0.4, 0.5) is 0 Å². The van der Waals surface area contributed by atoms with Gasteiger partial charge in [0.25, 0.3) is 0 Å². The number of fused-ring (bicyclic) bond motifs is 4. The Morgan fingerprint density at radius 1 is 0.871 bits per heavy atom. The summed E-state index contributed by atoms with van der Waals surface area (Å²) in [4.78, 5) is 6.79. The van der Waals surface area contributed by atoms with Gasteiger partial charge in [-0.25, -0.2) is 0 Å². The third-order valence-corrected chi connectivity index (χ3v) is 6.27. The van der Waals surface area contributed by atoms with Gasteiger partial charge in [0, 0.05) is 25.5 Å². The Bertz CT molecular complexity index is 1050. The van der Waals surface area contributed by atoms with Gasteiger partial charge in [-0.3, -0.25) is 9.88 Å². The molecule has 0 unspecified atom stereocenters. The van der Waals surface area contributed by atoms with E-state index in [0.29, 0.717) is 12.5 Å². The maximum atomic E-state index is 10.4. The van der Waals surface area contributed by atoms with E-state index >= 15 is 0 Å². The van der Waals surface area contributed by atoms with Crippen LogP contribution in [0.2, 0.25) is 0 Å². The number of aromatic hydroxyl groups is 1. The van der Waals surface area contributed by atoms with E-state index in [1.165, 1.54) is 22.3 Å². The van der Waals surface area contributed by atoms with Gasteiger partial charge in [0.15, 0.2) is 11.5 Å². The van der Waals surface area contributed by atoms with Crippen LogP contribution in [-0.2, 0) is 32.2 Å². The molecule has 2 aliphatic heterocycles. The number of phenolic OH excluding ortho intramolecular Hbond substituents is 1. The Labute approximate surface area is 183 Å². The number of aryl methyl sites for hydroxylation is 3. The zero-order valence-electron chi connectivity index (χ0n) is 17.7. The molecule has 0 spiro atoms. The van der Waals surface area contributed by atoms with Crippen molar-refractivity contribution in [2.24, 2.45) is 0 Å². The van der Waals surface area contributed by atoms with Crippen molar-refractivity contribution in [2.75, 3.05) is 19.9 Å². The molecular weight excluding hydrogens is 388 g/mol. The number of hydrogen-bond acceptors (Lipinski definition) is 5. The molecule has 2 aromatic carbocycles. The van der Waals surface area contributed by atoms with Crippen molar-refractivity contribution in [3.05, 3.63) is 82.7 Å². The van der Waals surface area contributed by atoms with E-state index in [9.17, 15) is 5.11 Å². The van der Waals surface area contributed by atoms with Crippen molar-refractivity contribution in [1.29, 1.82) is 0 Å². The highest BCUT2D eigenvalue weighted by Gasteiger charge is 2.18. The van der Waals surface area contributed by atoms with Crippen LogP contribution >= 0.6 is 0 Å². The predicted molar refractivity (Wildman–Crippen MR) is 120 cm³/mol. The number of pyridine rings is 1. The van der Waals surface area contributed by atoms with E-state index in [0.717, 1.165) is 68.8 Å². The third kappa shape index (κ3) is 4.67. The number of benzene rings is 2. The monoisotopic (exact) mass is 416 g/mol. The molecule has 0 fully saturated rings. The summed E-state index contributed by atoms with van der Waals surface area (Å²) in [5.74, 6) is 2.06. The Morgan fingerprint density at radius 2 is 1.68 bits per heavy atom. The van der Waals surface area contributed by atoms with Crippen molar-refractivity contribution in [2.45, 2.75) is 38.6 Å². The first kappa shape index (κ1) is 19.9. The molecule has 0 amide bonds. The van der Waals surface area contributed by atoms with Crippen molar-refractivity contribution in [3.63, 3.8) is 0 Å². The predicted octanol–water partition coefficient (Wildman–Crippen LogP) is 4.29. The summed E-state index contributed by atoms with van der Waals surface area (Å²) in [6.07, 6.45) is 8.51. The fourth-order valence-corrected chi connectivity index (χ4v) is 4.56. The normalized spacial score (nSPS) is 16.6. The Kier molecular flexibility index (Phi) is 5.76. The molecule has 2 aliphatic rings. The number of phenols is 1. The van der Waals surface area contributed by atoms with Crippen LogP contribution in [0.5, 0.6) is 17.2 Å². The molecule has 160 valence electrons. The second-order valence-electron chi connectivity index (χ2n) is 8.43. The number of ether oxygens (including phenoxy) is 2. The first-order chi connectivity index (χ1) is 15.2. The zero-order valence-corrected chi connectivity index (χ0v) is 17.7. The summed E-state index contributed by atoms with van der Waals surface area (Å²) in [6, 6.07) is 14.5. The van der Waals surface area contributed by atoms with E-state index in [2.05, 4.69) is 34.1 Å². The van der Waals surface area contributed by atoms with Crippen molar-refractivity contribution in [3.8, 4) is 17.2 Å². The molecule has 2 bridgehead atoms. The fourth-order valence-electron chi connectivity index (χ4n) is 4.56. The highest BCUT2D eigenvalue weighted by Crippen LogP contribution is 2.36. The van der Waals surface area contributed by atoms with E-state index in [1.807, 2.05) is 30.6 Å². The van der Waals surface area contributed by atoms with Gasteiger partial charge >= 0.3 is 0 Å². The van der Waals surface area contributed by atoms with Gasteiger partial charge in [-0.05, 0) is 90.7 Å². The lowest BCUT2D eigenvalue weighted by molar-refractivity contribution is 0.174. The maximum Gasteiger partial charge on any atom is 0.231 e. The molecule has 1 aromatic heterocycles. The SMILES string of the molecule is Oc1ccc2cc1CCc1cc3c(cc1CCCN(Cc1cccnc1)CC2)OCO3. The van der Waals surface area contributed by atoms with Gasteiger partial charge in [0.1, 0.15) is 5.75 Å². The molecule has 0 saturated heterocycles. The lowest BCUT2D eigenvalue weighted by Gasteiger charge is -2.22. The van der Waals surface area contributed by atoms with E-state index in [-0.39, 0.29) is 0 Å². The van der Waals surface area contributed by atoms with Crippen LogP contribution < -0.4 is 9.47 Å². The topological polar surface area (TPSA) is 54.8 Å². The second-order valence-corrected chi connectivity index (χ2v) is 8.43. The standard InChI is InChI=1S/C26H28N2O3/c29-24-8-5-19-9-12-28(17-20-3-1-10-27-16-20)11-2-4-21-14-25-26(31-18-30-25)15-22(21)6-7-23(24)13-19/h1,3,5,8,10,13-16,29H,2,4,6-7,9,11-12,17-18H2. The zero-order chi connectivity index (χ0) is 21.0. The van der Waals surface area contributed by atoms with Crippen LogP contribution in [0.1, 0.15) is 34.2 Å². The van der Waals surface area contributed by atoms with Crippen molar-refractivity contribution < 1.29 is 14.6 Å². The molecule has 3 heterocycles. The van der Waals surface area contributed by atoms with Gasteiger partial charge in [-0.2, -0.15) is 0 Å². The highest BCUT2D eigenvalue weighted by atomic mass is 16.7. The lowest BCUT2D eigenvalue weighted by atomic mass is 9.95. The molecule has 31 heavy (non-hydrogen) atoms. The Balaban J connectivity index is 1.44. The summed E-state index contributed by atoms with van der Waals surface area (Å²) in [5.41, 5.74) is 6.13. The number of nitrogens with zero attached hydrogens (tertiary/aromatic N) is 2. The third-order valence-electron chi connectivity index (χ3n) is 6.27. The van der Waals surface area contributed by atoms with Gasteiger partial charge in [-0.1, -0.05) is 18.2 Å².